The van der Waals surface area contributed by atoms with Crippen LogP contribution in [0.3, 0.4) is 0 Å². The molecule has 1 aromatic rings. The fraction of sp³-hybridized carbons (Fsp3) is 0.684. The van der Waals surface area contributed by atoms with Gasteiger partial charge >= 0.3 is 6.03 Å². The van der Waals surface area contributed by atoms with Crippen LogP contribution in [0.4, 0.5) is 4.79 Å². The van der Waals surface area contributed by atoms with E-state index in [2.05, 4.69) is 36.4 Å². The van der Waals surface area contributed by atoms with Gasteiger partial charge in [0.1, 0.15) is 6.10 Å². The van der Waals surface area contributed by atoms with Crippen LogP contribution in [0.25, 0.3) is 0 Å². The largest absolute Gasteiger partial charge is 0.380 e. The van der Waals surface area contributed by atoms with Gasteiger partial charge in [-0.15, -0.1) is 0 Å². The van der Waals surface area contributed by atoms with Crippen molar-refractivity contribution in [2.45, 2.75) is 57.9 Å². The maximum Gasteiger partial charge on any atom is 0.315 e. The number of ether oxygens (including phenoxy) is 2. The maximum atomic E-state index is 12.6. The second kappa shape index (κ2) is 7.30. The average molecular weight is 347 g/mol. The number of carbonyl (C=O) groups excluding carboxylic acids is 1. The highest BCUT2D eigenvalue weighted by atomic mass is 16.5. The summed E-state index contributed by atoms with van der Waals surface area (Å²) < 4.78 is 11.5. The summed E-state index contributed by atoms with van der Waals surface area (Å²) >= 11 is 0. The van der Waals surface area contributed by atoms with Crippen molar-refractivity contribution in [2.75, 3.05) is 13.7 Å². The highest BCUT2D eigenvalue weighted by molar-refractivity contribution is 5.75. The molecule has 0 radical (unpaired) electrons. The van der Waals surface area contributed by atoms with Gasteiger partial charge in [-0.25, -0.2) is 4.79 Å². The first-order chi connectivity index (χ1) is 11.9. The van der Waals surface area contributed by atoms with E-state index in [9.17, 15) is 4.79 Å². The second-order valence-electron chi connectivity index (χ2n) is 7.75. The summed E-state index contributed by atoms with van der Waals surface area (Å²) in [5.41, 5.74) is 0.982. The minimum Gasteiger partial charge on any atom is -0.380 e. The molecule has 25 heavy (non-hydrogen) atoms. The number of nitrogens with zero attached hydrogens (tertiary/aromatic N) is 1. The summed E-state index contributed by atoms with van der Waals surface area (Å²) in [7, 11) is 1.73. The van der Waals surface area contributed by atoms with Crippen molar-refractivity contribution in [1.82, 2.24) is 15.6 Å². The lowest BCUT2D eigenvalue weighted by molar-refractivity contribution is -0.141. The van der Waals surface area contributed by atoms with Crippen molar-refractivity contribution in [1.29, 1.82) is 0 Å². The van der Waals surface area contributed by atoms with Gasteiger partial charge in [0.2, 0.25) is 0 Å². The van der Waals surface area contributed by atoms with Gasteiger partial charge in [-0.3, -0.25) is 4.98 Å². The van der Waals surface area contributed by atoms with E-state index in [4.69, 9.17) is 9.47 Å². The minimum atomic E-state index is -0.131. The molecule has 1 aliphatic carbocycles. The first-order valence-corrected chi connectivity index (χ1v) is 9.06. The Kier molecular flexibility index (Phi) is 5.29. The standard InChI is InChI=1S/C19H29N3O3/c1-12-16(19(2,3)17(12)24-4)22-18(23)21-14-6-5-11-25-15(14)13-7-9-20-10-8-13/h7-10,12,14-17H,5-6,11H2,1-4H3,(H2,21,22,23)/t12-,14+,15-,16+,17-/m1/s1. The number of nitrogens with one attached hydrogen (secondary N) is 2. The van der Waals surface area contributed by atoms with Crippen molar-refractivity contribution >= 4 is 6.03 Å². The Hall–Kier alpha value is -1.66. The molecule has 138 valence electrons. The van der Waals surface area contributed by atoms with Gasteiger partial charge in [0, 0.05) is 43.5 Å². The molecule has 1 aliphatic heterocycles. The first-order valence-electron chi connectivity index (χ1n) is 9.06. The predicted octanol–water partition coefficient (Wildman–Crippen LogP) is 2.66. The number of rotatable bonds is 4. The number of urea groups is 1. The summed E-state index contributed by atoms with van der Waals surface area (Å²) in [6.07, 6.45) is 5.41. The van der Waals surface area contributed by atoms with E-state index in [1.54, 1.807) is 19.5 Å². The molecule has 1 aromatic heterocycles. The highest BCUT2D eigenvalue weighted by Crippen LogP contribution is 2.46. The van der Waals surface area contributed by atoms with Crippen LogP contribution >= 0.6 is 0 Å². The van der Waals surface area contributed by atoms with E-state index in [-0.39, 0.29) is 35.7 Å². The van der Waals surface area contributed by atoms with E-state index in [0.29, 0.717) is 5.92 Å². The number of carbonyl (C=O) groups is 1. The third-order valence-electron chi connectivity index (χ3n) is 5.75. The molecule has 2 fully saturated rings. The molecule has 1 saturated heterocycles. The molecular weight excluding hydrogens is 318 g/mol. The molecule has 1 saturated carbocycles. The summed E-state index contributed by atoms with van der Waals surface area (Å²) in [6, 6.07) is 3.83. The Morgan fingerprint density at radius 2 is 2.04 bits per heavy atom. The van der Waals surface area contributed by atoms with Crippen molar-refractivity contribution in [3.63, 3.8) is 0 Å². The minimum absolute atomic E-state index is 0.0344. The van der Waals surface area contributed by atoms with Gasteiger partial charge in [-0.2, -0.15) is 0 Å². The van der Waals surface area contributed by atoms with E-state index < -0.39 is 0 Å². The Labute approximate surface area is 149 Å². The lowest BCUT2D eigenvalue weighted by Crippen LogP contribution is -2.69. The molecule has 2 N–H and O–H groups in total. The van der Waals surface area contributed by atoms with Crippen LogP contribution in [0, 0.1) is 11.3 Å². The zero-order valence-corrected chi connectivity index (χ0v) is 15.5. The van der Waals surface area contributed by atoms with Gasteiger partial charge in [0.25, 0.3) is 0 Å². The topological polar surface area (TPSA) is 72.5 Å². The molecule has 0 spiro atoms. The quantitative estimate of drug-likeness (QED) is 0.878. The van der Waals surface area contributed by atoms with Crippen LogP contribution in [-0.4, -0.2) is 42.9 Å². The zero-order valence-electron chi connectivity index (χ0n) is 15.5. The number of pyridine rings is 1. The Morgan fingerprint density at radius 1 is 1.32 bits per heavy atom. The van der Waals surface area contributed by atoms with Crippen LogP contribution in [0.1, 0.15) is 45.3 Å². The summed E-state index contributed by atoms with van der Waals surface area (Å²) in [5, 5.41) is 6.26. The first kappa shape index (κ1) is 18.1. The molecule has 2 heterocycles. The number of hydrogen-bond donors (Lipinski definition) is 2. The number of hydrogen-bond acceptors (Lipinski definition) is 4. The fourth-order valence-electron chi connectivity index (χ4n) is 4.59. The Balaban J connectivity index is 1.62. The smallest absolute Gasteiger partial charge is 0.315 e. The molecule has 3 rings (SSSR count). The van der Waals surface area contributed by atoms with E-state index in [0.717, 1.165) is 25.0 Å². The Bertz CT molecular complexity index is 593. The molecule has 0 aromatic carbocycles. The summed E-state index contributed by atoms with van der Waals surface area (Å²) in [5.74, 6) is 0.296. The van der Waals surface area contributed by atoms with Crippen molar-refractivity contribution < 1.29 is 14.3 Å². The van der Waals surface area contributed by atoms with Crippen molar-refractivity contribution in [3.8, 4) is 0 Å². The number of aromatic nitrogens is 1. The third-order valence-corrected chi connectivity index (χ3v) is 5.75. The molecule has 2 aliphatic rings. The van der Waals surface area contributed by atoms with Gasteiger partial charge in [0.05, 0.1) is 12.1 Å². The molecule has 6 nitrogen and oxygen atoms in total. The van der Waals surface area contributed by atoms with Crippen molar-refractivity contribution in [2.24, 2.45) is 11.3 Å². The number of amides is 2. The molecule has 5 atom stereocenters. The van der Waals surface area contributed by atoms with Crippen LogP contribution < -0.4 is 10.6 Å². The van der Waals surface area contributed by atoms with Gasteiger partial charge < -0.3 is 20.1 Å². The molecule has 0 bridgehead atoms. The van der Waals surface area contributed by atoms with Crippen LogP contribution in [0.2, 0.25) is 0 Å². The van der Waals surface area contributed by atoms with Crippen molar-refractivity contribution in [3.05, 3.63) is 30.1 Å². The summed E-state index contributed by atoms with van der Waals surface area (Å²) in [6.45, 7) is 7.11. The molecular formula is C19H29N3O3. The monoisotopic (exact) mass is 347 g/mol. The lowest BCUT2D eigenvalue weighted by Gasteiger charge is -2.56. The van der Waals surface area contributed by atoms with E-state index >= 15 is 0 Å². The maximum absolute atomic E-state index is 12.6. The van der Waals surface area contributed by atoms with Crippen LogP contribution in [-0.2, 0) is 9.47 Å². The van der Waals surface area contributed by atoms with Gasteiger partial charge in [-0.05, 0) is 30.5 Å². The van der Waals surface area contributed by atoms with Gasteiger partial charge in [0.15, 0.2) is 0 Å². The summed E-state index contributed by atoms with van der Waals surface area (Å²) in [4.78, 5) is 16.6. The normalized spacial score (nSPS) is 34.0. The highest BCUT2D eigenvalue weighted by Gasteiger charge is 2.55. The lowest BCUT2D eigenvalue weighted by atomic mass is 9.58. The predicted molar refractivity (Wildman–Crippen MR) is 95.1 cm³/mol. The Morgan fingerprint density at radius 3 is 2.68 bits per heavy atom. The molecule has 2 amide bonds. The third kappa shape index (κ3) is 3.51. The SMILES string of the molecule is CO[C@@H]1[C@H](C)[C@H](NC(=O)N[C@H]2CCCO[C@@H]2c2ccncc2)C1(C)C. The average Bonchev–Trinajstić information content (AvgIpc) is 2.61. The van der Waals surface area contributed by atoms with E-state index in [1.807, 2.05) is 12.1 Å². The fourth-order valence-corrected chi connectivity index (χ4v) is 4.59. The van der Waals surface area contributed by atoms with Crippen LogP contribution in [0.15, 0.2) is 24.5 Å². The number of methoxy groups -OCH3 is 1. The molecule has 6 heteroatoms. The van der Waals surface area contributed by atoms with Gasteiger partial charge in [-0.1, -0.05) is 20.8 Å². The van der Waals surface area contributed by atoms with E-state index in [1.165, 1.54) is 0 Å². The second-order valence-corrected chi connectivity index (χ2v) is 7.75. The van der Waals surface area contributed by atoms with Crippen LogP contribution in [0.5, 0.6) is 0 Å². The molecule has 0 unspecified atom stereocenters. The zero-order chi connectivity index (χ0) is 18.0.